The van der Waals surface area contributed by atoms with Crippen LogP contribution in [0.5, 0.6) is 5.75 Å². The van der Waals surface area contributed by atoms with Crippen LogP contribution in [0.1, 0.15) is 22.6 Å². The van der Waals surface area contributed by atoms with Crippen molar-refractivity contribution in [3.63, 3.8) is 0 Å². The first kappa shape index (κ1) is 15.0. The molecule has 1 aromatic heterocycles. The van der Waals surface area contributed by atoms with Crippen molar-refractivity contribution in [2.45, 2.75) is 26.9 Å². The van der Waals surface area contributed by atoms with Crippen molar-refractivity contribution in [2.75, 3.05) is 7.11 Å². The normalized spacial score (nSPS) is 10.2. The Bertz CT molecular complexity index is 602. The quantitative estimate of drug-likeness (QED) is 0.889. The summed E-state index contributed by atoms with van der Waals surface area (Å²) >= 11 is 0. The van der Waals surface area contributed by atoms with Gasteiger partial charge in [0.1, 0.15) is 17.3 Å². The molecule has 0 bridgehead atoms. The molecule has 2 aromatic rings. The highest BCUT2D eigenvalue weighted by molar-refractivity contribution is 5.73. The fraction of sp³-hybridized carbons (Fsp3) is 0.312. The number of hydrogen-bond donors (Lipinski definition) is 2. The van der Waals surface area contributed by atoms with E-state index in [2.05, 4.69) is 10.6 Å². The molecular weight excluding hydrogens is 268 g/mol. The molecular formula is C16H20N2O3. The van der Waals surface area contributed by atoms with Crippen LogP contribution >= 0.6 is 0 Å². The number of aryl methyl sites for hydroxylation is 2. The van der Waals surface area contributed by atoms with Crippen molar-refractivity contribution in [1.29, 1.82) is 0 Å². The number of ether oxygens (including phenoxy) is 1. The largest absolute Gasteiger partial charge is 0.497 e. The molecule has 0 radical (unpaired) electrons. The number of amides is 2. The van der Waals surface area contributed by atoms with Crippen LogP contribution in [0.2, 0.25) is 0 Å². The van der Waals surface area contributed by atoms with Crippen molar-refractivity contribution >= 4 is 6.03 Å². The van der Waals surface area contributed by atoms with Crippen LogP contribution in [0.25, 0.3) is 0 Å². The number of benzene rings is 1. The fourth-order valence-corrected chi connectivity index (χ4v) is 2.02. The van der Waals surface area contributed by atoms with E-state index in [1.807, 2.05) is 44.2 Å². The molecule has 21 heavy (non-hydrogen) atoms. The van der Waals surface area contributed by atoms with E-state index in [0.717, 1.165) is 28.4 Å². The first-order valence-corrected chi connectivity index (χ1v) is 6.79. The van der Waals surface area contributed by atoms with Gasteiger partial charge in [-0.25, -0.2) is 4.79 Å². The lowest BCUT2D eigenvalue weighted by atomic mass is 10.2. The molecule has 1 heterocycles. The maximum absolute atomic E-state index is 11.8. The SMILES string of the molecule is COc1ccc(CNC(=O)NCc2cc(C)oc2C)cc1. The van der Waals surface area contributed by atoms with Gasteiger partial charge in [0.15, 0.2) is 0 Å². The molecule has 0 aliphatic rings. The van der Waals surface area contributed by atoms with Gasteiger partial charge < -0.3 is 19.8 Å². The summed E-state index contributed by atoms with van der Waals surface area (Å²) in [6.07, 6.45) is 0. The zero-order chi connectivity index (χ0) is 15.2. The lowest BCUT2D eigenvalue weighted by Gasteiger charge is -2.08. The number of furan rings is 1. The van der Waals surface area contributed by atoms with E-state index in [9.17, 15) is 4.79 Å². The van der Waals surface area contributed by atoms with Crippen molar-refractivity contribution in [1.82, 2.24) is 10.6 Å². The average molecular weight is 288 g/mol. The molecule has 2 N–H and O–H groups in total. The molecule has 0 spiro atoms. The van der Waals surface area contributed by atoms with E-state index in [-0.39, 0.29) is 6.03 Å². The maximum atomic E-state index is 11.8. The van der Waals surface area contributed by atoms with Crippen molar-refractivity contribution in [2.24, 2.45) is 0 Å². The molecule has 0 unspecified atom stereocenters. The van der Waals surface area contributed by atoms with Crippen LogP contribution < -0.4 is 15.4 Å². The predicted molar refractivity (Wildman–Crippen MR) is 80.3 cm³/mol. The zero-order valence-corrected chi connectivity index (χ0v) is 12.5. The first-order chi connectivity index (χ1) is 10.1. The highest BCUT2D eigenvalue weighted by Gasteiger charge is 2.06. The van der Waals surface area contributed by atoms with Gasteiger partial charge in [-0.15, -0.1) is 0 Å². The Morgan fingerprint density at radius 2 is 1.81 bits per heavy atom. The summed E-state index contributed by atoms with van der Waals surface area (Å²) in [6, 6.07) is 9.30. The summed E-state index contributed by atoms with van der Waals surface area (Å²) in [6.45, 7) is 4.70. The summed E-state index contributed by atoms with van der Waals surface area (Å²) in [5, 5.41) is 5.62. The third-order valence-electron chi connectivity index (χ3n) is 3.20. The van der Waals surface area contributed by atoms with Crippen molar-refractivity contribution in [3.05, 3.63) is 53.0 Å². The van der Waals surface area contributed by atoms with E-state index in [1.54, 1.807) is 7.11 Å². The number of carbonyl (C=O) groups excluding carboxylic acids is 1. The van der Waals surface area contributed by atoms with Crippen LogP contribution in [-0.4, -0.2) is 13.1 Å². The predicted octanol–water partition coefficient (Wildman–Crippen LogP) is 2.90. The summed E-state index contributed by atoms with van der Waals surface area (Å²) in [5.41, 5.74) is 2.01. The Hall–Kier alpha value is -2.43. The smallest absolute Gasteiger partial charge is 0.315 e. The van der Waals surface area contributed by atoms with E-state index >= 15 is 0 Å². The van der Waals surface area contributed by atoms with Crippen LogP contribution in [0.15, 0.2) is 34.7 Å². The summed E-state index contributed by atoms with van der Waals surface area (Å²) < 4.78 is 10.5. The summed E-state index contributed by atoms with van der Waals surface area (Å²) in [5.74, 6) is 2.49. The number of rotatable bonds is 5. The van der Waals surface area contributed by atoms with Crippen LogP contribution in [0, 0.1) is 13.8 Å². The molecule has 0 fully saturated rings. The van der Waals surface area contributed by atoms with Gasteiger partial charge in [-0.2, -0.15) is 0 Å². The number of hydrogen-bond acceptors (Lipinski definition) is 3. The minimum absolute atomic E-state index is 0.205. The summed E-state index contributed by atoms with van der Waals surface area (Å²) in [7, 11) is 1.63. The minimum atomic E-state index is -0.205. The molecule has 0 atom stereocenters. The highest BCUT2D eigenvalue weighted by Crippen LogP contribution is 2.13. The number of nitrogens with one attached hydrogen (secondary N) is 2. The van der Waals surface area contributed by atoms with E-state index in [1.165, 1.54) is 0 Å². The minimum Gasteiger partial charge on any atom is -0.497 e. The molecule has 112 valence electrons. The van der Waals surface area contributed by atoms with Gasteiger partial charge in [-0.1, -0.05) is 12.1 Å². The highest BCUT2D eigenvalue weighted by atomic mass is 16.5. The molecule has 0 saturated carbocycles. The maximum Gasteiger partial charge on any atom is 0.315 e. The van der Waals surface area contributed by atoms with Crippen molar-refractivity contribution in [3.8, 4) is 5.75 Å². The van der Waals surface area contributed by atoms with Gasteiger partial charge in [-0.05, 0) is 37.6 Å². The lowest BCUT2D eigenvalue weighted by Crippen LogP contribution is -2.34. The van der Waals surface area contributed by atoms with Crippen molar-refractivity contribution < 1.29 is 13.9 Å². The second-order valence-corrected chi connectivity index (χ2v) is 4.82. The molecule has 2 amide bonds. The van der Waals surface area contributed by atoms with Gasteiger partial charge >= 0.3 is 6.03 Å². The van der Waals surface area contributed by atoms with Gasteiger partial charge in [0.25, 0.3) is 0 Å². The number of carbonyl (C=O) groups is 1. The average Bonchev–Trinajstić information content (AvgIpc) is 2.81. The van der Waals surface area contributed by atoms with Crippen LogP contribution in [0.4, 0.5) is 4.79 Å². The Kier molecular flexibility index (Phi) is 4.87. The standard InChI is InChI=1S/C16H20N2O3/c1-11-8-14(12(2)21-11)10-18-16(19)17-9-13-4-6-15(20-3)7-5-13/h4-8H,9-10H2,1-3H3,(H2,17,18,19). The second kappa shape index (κ2) is 6.83. The van der Waals surface area contributed by atoms with E-state index in [0.29, 0.717) is 13.1 Å². The van der Waals surface area contributed by atoms with Crippen LogP contribution in [0.3, 0.4) is 0 Å². The van der Waals surface area contributed by atoms with E-state index < -0.39 is 0 Å². The summed E-state index contributed by atoms with van der Waals surface area (Å²) in [4.78, 5) is 11.8. The molecule has 2 rings (SSSR count). The molecule has 5 nitrogen and oxygen atoms in total. The lowest BCUT2D eigenvalue weighted by molar-refractivity contribution is 0.240. The Balaban J connectivity index is 1.78. The van der Waals surface area contributed by atoms with Crippen LogP contribution in [-0.2, 0) is 13.1 Å². The Morgan fingerprint density at radius 3 is 2.38 bits per heavy atom. The Labute approximate surface area is 124 Å². The third-order valence-corrected chi connectivity index (χ3v) is 3.20. The first-order valence-electron chi connectivity index (χ1n) is 6.79. The monoisotopic (exact) mass is 288 g/mol. The third kappa shape index (κ3) is 4.27. The van der Waals surface area contributed by atoms with Gasteiger partial charge in [0, 0.05) is 18.7 Å². The van der Waals surface area contributed by atoms with Gasteiger partial charge in [0.05, 0.1) is 7.11 Å². The molecule has 5 heteroatoms. The van der Waals surface area contributed by atoms with Gasteiger partial charge in [0.2, 0.25) is 0 Å². The fourth-order valence-electron chi connectivity index (χ4n) is 2.02. The number of methoxy groups -OCH3 is 1. The second-order valence-electron chi connectivity index (χ2n) is 4.82. The van der Waals surface area contributed by atoms with Gasteiger partial charge in [-0.3, -0.25) is 0 Å². The van der Waals surface area contributed by atoms with E-state index in [4.69, 9.17) is 9.15 Å². The topological polar surface area (TPSA) is 63.5 Å². The molecule has 0 aliphatic carbocycles. The molecule has 0 saturated heterocycles. The zero-order valence-electron chi connectivity index (χ0n) is 12.5. The number of urea groups is 1. The Morgan fingerprint density at radius 1 is 1.14 bits per heavy atom. The molecule has 1 aromatic carbocycles. The molecule has 0 aliphatic heterocycles.